The number of piperidine rings is 2. The number of carbonyl (C=O) groups is 1. The van der Waals surface area contributed by atoms with Crippen molar-refractivity contribution < 1.29 is 18.8 Å². The van der Waals surface area contributed by atoms with Crippen molar-refractivity contribution >= 4 is 17.0 Å². The highest BCUT2D eigenvalue weighted by Crippen LogP contribution is 2.31. The SMILES string of the molecule is CC(C)c1nn(-c2noc(C3CCN(CC4CCN(C(=O)O)CC4)CC3)n2)c2c(F)cccc12. The number of rotatable bonds is 5. The van der Waals surface area contributed by atoms with Gasteiger partial charge in [-0.1, -0.05) is 26.0 Å². The Bertz CT molecular complexity index is 1160. The summed E-state index contributed by atoms with van der Waals surface area (Å²) in [6.45, 7) is 8.21. The number of hydrogen-bond acceptors (Lipinski definition) is 6. The summed E-state index contributed by atoms with van der Waals surface area (Å²) in [7, 11) is 0. The number of para-hydroxylation sites is 1. The molecule has 0 spiro atoms. The molecular weight excluding hydrogens is 439 g/mol. The molecule has 0 unspecified atom stereocenters. The van der Waals surface area contributed by atoms with Gasteiger partial charge in [0.05, 0.1) is 5.69 Å². The minimum absolute atomic E-state index is 0.137. The van der Waals surface area contributed by atoms with E-state index in [4.69, 9.17) is 9.63 Å². The molecule has 10 heteroatoms. The van der Waals surface area contributed by atoms with E-state index in [1.165, 1.54) is 15.6 Å². The Morgan fingerprint density at radius 2 is 1.91 bits per heavy atom. The lowest BCUT2D eigenvalue weighted by molar-refractivity contribution is 0.106. The standard InChI is InChI=1S/C24H31FN6O3/c1-15(2)20-18-4-3-5-19(25)21(18)31(27-20)23-26-22(34-28-23)17-8-10-29(11-9-17)14-16-6-12-30(13-7-16)24(32)33/h3-5,15-17H,6-14H2,1-2H3,(H,32,33). The average Bonchev–Trinajstić information content (AvgIpc) is 3.46. The summed E-state index contributed by atoms with van der Waals surface area (Å²) in [5, 5.41) is 18.6. The van der Waals surface area contributed by atoms with Crippen molar-refractivity contribution in [2.75, 3.05) is 32.7 Å². The molecule has 5 rings (SSSR count). The first kappa shape index (κ1) is 22.8. The molecule has 1 amide bonds. The van der Waals surface area contributed by atoms with E-state index in [1.54, 1.807) is 6.07 Å². The fraction of sp³-hybridized carbons (Fsp3) is 0.583. The number of hydrogen-bond donors (Lipinski definition) is 1. The third-order valence-corrected chi connectivity index (χ3v) is 7.19. The first-order chi connectivity index (χ1) is 16.4. The molecule has 0 saturated carbocycles. The lowest BCUT2D eigenvalue weighted by atomic mass is 9.93. The van der Waals surface area contributed by atoms with Crippen molar-refractivity contribution in [1.29, 1.82) is 0 Å². The molecule has 2 aliphatic rings. The molecular formula is C24H31FN6O3. The highest BCUT2D eigenvalue weighted by molar-refractivity contribution is 5.84. The van der Waals surface area contributed by atoms with Crippen LogP contribution >= 0.6 is 0 Å². The zero-order chi connectivity index (χ0) is 23.8. The Morgan fingerprint density at radius 1 is 1.18 bits per heavy atom. The third kappa shape index (κ3) is 4.38. The molecule has 0 atom stereocenters. The van der Waals surface area contributed by atoms with Crippen LogP contribution in [0.3, 0.4) is 0 Å². The van der Waals surface area contributed by atoms with Gasteiger partial charge in [-0.25, -0.2) is 9.18 Å². The second-order valence-corrected chi connectivity index (χ2v) is 9.81. The van der Waals surface area contributed by atoms with Gasteiger partial charge in [0.25, 0.3) is 5.95 Å². The molecule has 2 aliphatic heterocycles. The maximum atomic E-state index is 14.7. The van der Waals surface area contributed by atoms with Gasteiger partial charge in [-0.05, 0) is 61.8 Å². The monoisotopic (exact) mass is 470 g/mol. The van der Waals surface area contributed by atoms with Gasteiger partial charge in [0.1, 0.15) is 11.3 Å². The summed E-state index contributed by atoms with van der Waals surface area (Å²) in [4.78, 5) is 19.7. The number of fused-ring (bicyclic) bond motifs is 1. The lowest BCUT2D eigenvalue weighted by Gasteiger charge is -2.36. The molecule has 0 bridgehead atoms. The summed E-state index contributed by atoms with van der Waals surface area (Å²) in [6, 6.07) is 4.99. The van der Waals surface area contributed by atoms with Gasteiger partial charge in [-0.15, -0.1) is 0 Å². The Labute approximate surface area is 197 Å². The highest BCUT2D eigenvalue weighted by Gasteiger charge is 2.29. The van der Waals surface area contributed by atoms with Gasteiger partial charge >= 0.3 is 6.09 Å². The predicted molar refractivity (Wildman–Crippen MR) is 124 cm³/mol. The van der Waals surface area contributed by atoms with E-state index in [2.05, 4.69) is 20.1 Å². The molecule has 4 heterocycles. The average molecular weight is 471 g/mol. The second-order valence-electron chi connectivity index (χ2n) is 9.81. The van der Waals surface area contributed by atoms with E-state index >= 15 is 0 Å². The number of aromatic nitrogens is 4. The van der Waals surface area contributed by atoms with Crippen molar-refractivity contribution in [1.82, 2.24) is 29.7 Å². The Balaban J connectivity index is 1.23. The first-order valence-corrected chi connectivity index (χ1v) is 12.1. The highest BCUT2D eigenvalue weighted by atomic mass is 19.1. The number of amides is 1. The Kier molecular flexibility index (Phi) is 6.24. The van der Waals surface area contributed by atoms with Crippen molar-refractivity contribution in [2.24, 2.45) is 5.92 Å². The van der Waals surface area contributed by atoms with E-state index in [0.29, 0.717) is 30.4 Å². The van der Waals surface area contributed by atoms with Crippen molar-refractivity contribution in [2.45, 2.75) is 51.4 Å². The van der Waals surface area contributed by atoms with Gasteiger partial charge < -0.3 is 19.4 Å². The summed E-state index contributed by atoms with van der Waals surface area (Å²) >= 11 is 0. The molecule has 2 saturated heterocycles. The van der Waals surface area contributed by atoms with Crippen LogP contribution in [0.4, 0.5) is 9.18 Å². The maximum Gasteiger partial charge on any atom is 0.407 e. The normalized spacial score (nSPS) is 18.9. The van der Waals surface area contributed by atoms with E-state index in [-0.39, 0.29) is 23.6 Å². The molecule has 182 valence electrons. The predicted octanol–water partition coefficient (Wildman–Crippen LogP) is 4.24. The minimum Gasteiger partial charge on any atom is -0.465 e. The number of benzene rings is 1. The van der Waals surface area contributed by atoms with Crippen LogP contribution in [0.5, 0.6) is 0 Å². The van der Waals surface area contributed by atoms with Crippen LogP contribution in [0.2, 0.25) is 0 Å². The van der Waals surface area contributed by atoms with Gasteiger partial charge in [0.2, 0.25) is 5.89 Å². The summed E-state index contributed by atoms with van der Waals surface area (Å²) < 4.78 is 21.8. The minimum atomic E-state index is -0.815. The second kappa shape index (κ2) is 9.32. The smallest absolute Gasteiger partial charge is 0.407 e. The van der Waals surface area contributed by atoms with Gasteiger partial charge in [-0.3, -0.25) is 0 Å². The lowest BCUT2D eigenvalue weighted by Crippen LogP contribution is -2.42. The van der Waals surface area contributed by atoms with Gasteiger partial charge in [-0.2, -0.15) is 14.8 Å². The number of likely N-dealkylation sites (tertiary alicyclic amines) is 2. The fourth-order valence-corrected chi connectivity index (χ4v) is 5.23. The van der Waals surface area contributed by atoms with E-state index in [1.807, 2.05) is 19.9 Å². The third-order valence-electron chi connectivity index (χ3n) is 7.19. The topological polar surface area (TPSA) is 101 Å². The number of nitrogens with zero attached hydrogens (tertiary/aromatic N) is 6. The zero-order valence-corrected chi connectivity index (χ0v) is 19.7. The molecule has 0 radical (unpaired) electrons. The molecule has 0 aliphatic carbocycles. The van der Waals surface area contributed by atoms with Crippen LogP contribution in [0.1, 0.15) is 63.0 Å². The molecule has 1 N–H and O–H groups in total. The zero-order valence-electron chi connectivity index (χ0n) is 19.7. The van der Waals surface area contributed by atoms with E-state index < -0.39 is 6.09 Å². The summed E-state index contributed by atoms with van der Waals surface area (Å²) in [5.41, 5.74) is 1.19. The van der Waals surface area contributed by atoms with E-state index in [0.717, 1.165) is 56.4 Å². The molecule has 9 nitrogen and oxygen atoms in total. The quantitative estimate of drug-likeness (QED) is 0.595. The summed E-state index contributed by atoms with van der Waals surface area (Å²) in [6.07, 6.45) is 2.87. The Morgan fingerprint density at radius 3 is 2.59 bits per heavy atom. The van der Waals surface area contributed by atoms with Crippen molar-refractivity contribution in [3.8, 4) is 5.95 Å². The van der Waals surface area contributed by atoms with Crippen LogP contribution in [-0.2, 0) is 0 Å². The van der Waals surface area contributed by atoms with Gasteiger partial charge in [0, 0.05) is 30.9 Å². The van der Waals surface area contributed by atoms with Crippen molar-refractivity contribution in [3.63, 3.8) is 0 Å². The molecule has 34 heavy (non-hydrogen) atoms. The van der Waals surface area contributed by atoms with Crippen LogP contribution < -0.4 is 0 Å². The molecule has 2 fully saturated rings. The molecule has 2 aromatic heterocycles. The van der Waals surface area contributed by atoms with Crippen LogP contribution in [0, 0.1) is 11.7 Å². The Hall–Kier alpha value is -3.01. The fourth-order valence-electron chi connectivity index (χ4n) is 5.23. The van der Waals surface area contributed by atoms with Crippen LogP contribution in [0.15, 0.2) is 22.7 Å². The largest absolute Gasteiger partial charge is 0.465 e. The number of halogens is 1. The van der Waals surface area contributed by atoms with Crippen molar-refractivity contribution in [3.05, 3.63) is 35.6 Å². The van der Waals surface area contributed by atoms with Gasteiger partial charge in [0.15, 0.2) is 0 Å². The van der Waals surface area contributed by atoms with E-state index in [9.17, 15) is 9.18 Å². The van der Waals surface area contributed by atoms with Crippen LogP contribution in [0.25, 0.3) is 16.9 Å². The maximum absolute atomic E-state index is 14.7. The van der Waals surface area contributed by atoms with Crippen LogP contribution in [-0.4, -0.2) is 73.6 Å². The molecule has 1 aromatic carbocycles. The number of carboxylic acid groups (broad SMARTS) is 1. The summed E-state index contributed by atoms with van der Waals surface area (Å²) in [5.74, 6) is 1.34. The first-order valence-electron chi connectivity index (χ1n) is 12.1. The molecule has 3 aromatic rings.